The number of carbonyl (C=O) groups is 2. The number of carbonyl (C=O) groups excluding carboxylic acids is 2. The minimum absolute atomic E-state index is 0.0249. The van der Waals surface area contributed by atoms with Crippen LogP contribution < -0.4 is 15.0 Å². The van der Waals surface area contributed by atoms with E-state index in [1.54, 1.807) is 18.3 Å². The molecule has 1 saturated heterocycles. The molecule has 1 aliphatic rings. The highest BCUT2D eigenvalue weighted by Crippen LogP contribution is 2.23. The van der Waals surface area contributed by atoms with Crippen LogP contribution in [0.15, 0.2) is 48.7 Å². The minimum atomic E-state index is -0.159. The molecule has 0 bridgehead atoms. The van der Waals surface area contributed by atoms with Gasteiger partial charge in [-0.25, -0.2) is 4.98 Å². The van der Waals surface area contributed by atoms with E-state index in [1.807, 2.05) is 49.1 Å². The van der Waals surface area contributed by atoms with E-state index >= 15 is 0 Å². The quantitative estimate of drug-likeness (QED) is 0.627. The first-order valence-electron chi connectivity index (χ1n) is 11.1. The van der Waals surface area contributed by atoms with Gasteiger partial charge in [-0.05, 0) is 51.0 Å². The molecule has 2 heterocycles. The van der Waals surface area contributed by atoms with Crippen LogP contribution in [0.5, 0.6) is 5.75 Å². The Morgan fingerprint density at radius 3 is 2.71 bits per heavy atom. The van der Waals surface area contributed by atoms with Gasteiger partial charge in [0.2, 0.25) is 5.91 Å². The van der Waals surface area contributed by atoms with Crippen molar-refractivity contribution in [2.75, 3.05) is 44.2 Å². The van der Waals surface area contributed by atoms with Crippen LogP contribution in [0.2, 0.25) is 0 Å². The summed E-state index contributed by atoms with van der Waals surface area (Å²) in [6.45, 7) is 7.77. The lowest BCUT2D eigenvalue weighted by Crippen LogP contribution is -2.45. The molecule has 1 atom stereocenters. The lowest BCUT2D eigenvalue weighted by molar-refractivity contribution is -0.135. The number of nitrogens with zero attached hydrogens (tertiary/aromatic N) is 3. The molecular weight excluding hydrogens is 392 g/mol. The van der Waals surface area contributed by atoms with Crippen LogP contribution in [0.1, 0.15) is 37.0 Å². The Bertz CT molecular complexity index is 855. The van der Waals surface area contributed by atoms with Crippen molar-refractivity contribution in [3.8, 4) is 5.75 Å². The Morgan fingerprint density at radius 2 is 1.97 bits per heavy atom. The predicted octanol–water partition coefficient (Wildman–Crippen LogP) is 2.98. The van der Waals surface area contributed by atoms with Gasteiger partial charge in [0.1, 0.15) is 18.2 Å². The molecule has 7 heteroatoms. The van der Waals surface area contributed by atoms with Crippen LogP contribution >= 0.6 is 0 Å². The second-order valence-corrected chi connectivity index (χ2v) is 7.62. The topological polar surface area (TPSA) is 74.8 Å². The number of hydrogen-bond donors (Lipinski definition) is 1. The Balaban J connectivity index is 1.55. The van der Waals surface area contributed by atoms with Crippen molar-refractivity contribution >= 4 is 17.6 Å². The zero-order chi connectivity index (χ0) is 22.1. The fourth-order valence-electron chi connectivity index (χ4n) is 3.87. The number of anilines is 1. The zero-order valence-electron chi connectivity index (χ0n) is 18.4. The molecule has 1 fully saturated rings. The maximum absolute atomic E-state index is 12.8. The first-order chi connectivity index (χ1) is 15.1. The summed E-state index contributed by atoms with van der Waals surface area (Å²) in [7, 11) is 0. The first-order valence-corrected chi connectivity index (χ1v) is 11.1. The van der Waals surface area contributed by atoms with E-state index in [-0.39, 0.29) is 17.7 Å². The lowest BCUT2D eigenvalue weighted by Gasteiger charge is -2.35. The second-order valence-electron chi connectivity index (χ2n) is 7.62. The fraction of sp³-hybridized carbons (Fsp3) is 0.458. The molecule has 0 radical (unpaired) electrons. The van der Waals surface area contributed by atoms with Crippen LogP contribution in [0.25, 0.3) is 0 Å². The van der Waals surface area contributed by atoms with Gasteiger partial charge in [-0.15, -0.1) is 0 Å². The molecule has 2 aromatic rings. The van der Waals surface area contributed by atoms with Gasteiger partial charge >= 0.3 is 0 Å². The van der Waals surface area contributed by atoms with Crippen molar-refractivity contribution in [3.05, 3.63) is 54.2 Å². The molecule has 0 saturated carbocycles. The van der Waals surface area contributed by atoms with Gasteiger partial charge in [-0.3, -0.25) is 9.59 Å². The van der Waals surface area contributed by atoms with Crippen molar-refractivity contribution in [2.45, 2.75) is 26.7 Å². The third-order valence-electron chi connectivity index (χ3n) is 5.58. The smallest absolute Gasteiger partial charge is 0.251 e. The highest BCUT2D eigenvalue weighted by molar-refractivity contribution is 5.94. The molecule has 7 nitrogen and oxygen atoms in total. The van der Waals surface area contributed by atoms with Gasteiger partial charge in [0, 0.05) is 37.9 Å². The number of rotatable bonds is 9. The van der Waals surface area contributed by atoms with Crippen molar-refractivity contribution in [2.24, 2.45) is 5.92 Å². The second kappa shape index (κ2) is 11.3. The van der Waals surface area contributed by atoms with Crippen molar-refractivity contribution in [1.29, 1.82) is 0 Å². The van der Waals surface area contributed by atoms with Crippen LogP contribution in [0, 0.1) is 5.92 Å². The maximum Gasteiger partial charge on any atom is 0.251 e. The van der Waals surface area contributed by atoms with Gasteiger partial charge in [-0.2, -0.15) is 0 Å². The van der Waals surface area contributed by atoms with Crippen molar-refractivity contribution in [1.82, 2.24) is 15.2 Å². The molecule has 3 rings (SSSR count). The molecule has 1 aromatic heterocycles. The van der Waals surface area contributed by atoms with Gasteiger partial charge in [-0.1, -0.05) is 18.2 Å². The summed E-state index contributed by atoms with van der Waals surface area (Å²) in [4.78, 5) is 33.8. The summed E-state index contributed by atoms with van der Waals surface area (Å²) in [5.41, 5.74) is 0.557. The average molecular weight is 425 g/mol. The van der Waals surface area contributed by atoms with Gasteiger partial charge < -0.3 is 19.9 Å². The Hall–Kier alpha value is -3.09. The van der Waals surface area contributed by atoms with E-state index in [1.165, 1.54) is 0 Å². The number of ether oxygens (including phenoxy) is 1. The Kier molecular flexibility index (Phi) is 8.27. The van der Waals surface area contributed by atoms with E-state index < -0.39 is 0 Å². The maximum atomic E-state index is 12.8. The first kappa shape index (κ1) is 22.6. The molecule has 1 aliphatic heterocycles. The van der Waals surface area contributed by atoms with Crippen LogP contribution in [-0.2, 0) is 4.79 Å². The number of para-hydroxylation sites is 1. The van der Waals surface area contributed by atoms with Crippen LogP contribution in [0.4, 0.5) is 5.82 Å². The zero-order valence-corrected chi connectivity index (χ0v) is 18.4. The molecule has 0 aliphatic carbocycles. The van der Waals surface area contributed by atoms with E-state index in [9.17, 15) is 9.59 Å². The number of pyridine rings is 1. The fourth-order valence-corrected chi connectivity index (χ4v) is 3.87. The number of nitrogens with one attached hydrogen (secondary N) is 1. The van der Waals surface area contributed by atoms with E-state index in [0.717, 1.165) is 44.0 Å². The molecular formula is C24H32N4O3. The Morgan fingerprint density at radius 1 is 1.19 bits per heavy atom. The summed E-state index contributed by atoms with van der Waals surface area (Å²) in [5.74, 6) is 1.55. The molecule has 31 heavy (non-hydrogen) atoms. The summed E-state index contributed by atoms with van der Waals surface area (Å²) < 4.78 is 5.61. The SMILES string of the molecule is CCN(CC)C(=O)C1CCCN(c2cc(C(=O)NCCOc3ccccc3)ccn2)C1. The summed E-state index contributed by atoms with van der Waals surface area (Å²) in [6, 6.07) is 13.0. The number of benzene rings is 1. The molecule has 2 amide bonds. The highest BCUT2D eigenvalue weighted by atomic mass is 16.5. The summed E-state index contributed by atoms with van der Waals surface area (Å²) in [5, 5.41) is 2.89. The standard InChI is InChI=1S/C24H32N4O3/c1-3-27(4-2)24(30)20-9-8-15-28(18-20)22-17-19(12-13-25-22)23(29)26-14-16-31-21-10-6-5-7-11-21/h5-7,10-13,17,20H,3-4,8-9,14-16,18H2,1-2H3,(H,26,29). The van der Waals surface area contributed by atoms with E-state index in [0.29, 0.717) is 25.3 Å². The van der Waals surface area contributed by atoms with E-state index in [4.69, 9.17) is 4.74 Å². The normalized spacial score (nSPS) is 15.9. The molecule has 166 valence electrons. The third-order valence-corrected chi connectivity index (χ3v) is 5.58. The van der Waals surface area contributed by atoms with Gasteiger partial charge in [0.15, 0.2) is 0 Å². The largest absolute Gasteiger partial charge is 0.492 e. The van der Waals surface area contributed by atoms with E-state index in [2.05, 4.69) is 15.2 Å². The summed E-state index contributed by atoms with van der Waals surface area (Å²) in [6.07, 6.45) is 3.49. The molecule has 1 N–H and O–H groups in total. The summed E-state index contributed by atoms with van der Waals surface area (Å²) >= 11 is 0. The van der Waals surface area contributed by atoms with Gasteiger partial charge in [0.05, 0.1) is 12.5 Å². The van der Waals surface area contributed by atoms with Crippen LogP contribution in [0.3, 0.4) is 0 Å². The van der Waals surface area contributed by atoms with Crippen molar-refractivity contribution in [3.63, 3.8) is 0 Å². The van der Waals surface area contributed by atoms with Crippen LogP contribution in [-0.4, -0.2) is 61.0 Å². The lowest BCUT2D eigenvalue weighted by atomic mass is 9.96. The van der Waals surface area contributed by atoms with Gasteiger partial charge in [0.25, 0.3) is 5.91 Å². The molecule has 1 unspecified atom stereocenters. The predicted molar refractivity (Wildman–Crippen MR) is 121 cm³/mol. The van der Waals surface area contributed by atoms with Crippen molar-refractivity contribution < 1.29 is 14.3 Å². The number of piperidine rings is 1. The monoisotopic (exact) mass is 424 g/mol. The number of amides is 2. The minimum Gasteiger partial charge on any atom is -0.492 e. The Labute approximate surface area is 184 Å². The number of hydrogen-bond acceptors (Lipinski definition) is 5. The average Bonchev–Trinajstić information content (AvgIpc) is 2.83. The molecule has 0 spiro atoms. The highest BCUT2D eigenvalue weighted by Gasteiger charge is 2.29. The third kappa shape index (κ3) is 6.20. The molecule has 1 aromatic carbocycles. The number of aromatic nitrogens is 1.